The quantitative estimate of drug-likeness (QED) is 0.798. The van der Waals surface area contributed by atoms with Crippen molar-refractivity contribution in [3.63, 3.8) is 0 Å². The van der Waals surface area contributed by atoms with Crippen LogP contribution in [0.15, 0.2) is 22.3 Å². The molecule has 2 aliphatic heterocycles. The number of carbonyl (C=O) groups excluding carboxylic acids is 1. The van der Waals surface area contributed by atoms with Crippen LogP contribution < -0.4 is 10.5 Å². The summed E-state index contributed by atoms with van der Waals surface area (Å²) < 4.78 is 5.77. The molecule has 2 aromatic heterocycles. The minimum Gasteiger partial charge on any atom is -0.450 e. The van der Waals surface area contributed by atoms with Crippen LogP contribution in [0.3, 0.4) is 0 Å². The Labute approximate surface area is 149 Å². The summed E-state index contributed by atoms with van der Waals surface area (Å²) in [6.07, 6.45) is 5.70. The molecule has 25 heavy (non-hydrogen) atoms. The largest absolute Gasteiger partial charge is 0.450 e. The summed E-state index contributed by atoms with van der Waals surface area (Å²) in [4.78, 5) is 30.9. The van der Waals surface area contributed by atoms with Crippen LogP contribution in [0, 0.1) is 0 Å². The van der Waals surface area contributed by atoms with Gasteiger partial charge in [0.2, 0.25) is 0 Å². The molecule has 130 valence electrons. The second kappa shape index (κ2) is 5.46. The highest BCUT2D eigenvalue weighted by atomic mass is 32.1. The van der Waals surface area contributed by atoms with Gasteiger partial charge in [-0.05, 0) is 48.8 Å². The van der Waals surface area contributed by atoms with Gasteiger partial charge in [-0.25, -0.2) is 4.79 Å². The standard InChI is InChI=1S/C19H20N2O3S/c22-17-13-4-2-1-3-12(13)11-15(20-17)21-8-6-19(7-9-21)16-14(5-10-25-16)18(23)24-19/h5,10-11H,1-4,6-9H2,(H,20,22). The highest BCUT2D eigenvalue weighted by molar-refractivity contribution is 7.10. The third kappa shape index (κ3) is 2.27. The molecule has 1 saturated heterocycles. The van der Waals surface area contributed by atoms with Gasteiger partial charge in [-0.15, -0.1) is 11.3 Å². The first-order chi connectivity index (χ1) is 12.2. The number of anilines is 1. The van der Waals surface area contributed by atoms with Crippen LogP contribution in [0.2, 0.25) is 0 Å². The van der Waals surface area contributed by atoms with E-state index in [1.165, 1.54) is 5.56 Å². The number of esters is 1. The van der Waals surface area contributed by atoms with Gasteiger partial charge in [0.05, 0.1) is 10.4 Å². The molecule has 1 N–H and O–H groups in total. The smallest absolute Gasteiger partial charge is 0.340 e. The van der Waals surface area contributed by atoms with E-state index in [2.05, 4.69) is 16.0 Å². The van der Waals surface area contributed by atoms with E-state index < -0.39 is 5.60 Å². The average molecular weight is 356 g/mol. The summed E-state index contributed by atoms with van der Waals surface area (Å²) >= 11 is 1.62. The molecule has 0 saturated carbocycles. The van der Waals surface area contributed by atoms with E-state index in [0.717, 1.165) is 73.4 Å². The third-order valence-corrected chi connectivity index (χ3v) is 6.94. The van der Waals surface area contributed by atoms with Crippen LogP contribution in [0.1, 0.15) is 52.0 Å². The highest BCUT2D eigenvalue weighted by Gasteiger charge is 2.48. The number of nitrogens with one attached hydrogen (secondary N) is 1. The fourth-order valence-electron chi connectivity index (χ4n) is 4.45. The maximum Gasteiger partial charge on any atom is 0.340 e. The molecule has 0 bridgehead atoms. The molecule has 0 aromatic carbocycles. The maximum absolute atomic E-state index is 12.4. The number of hydrogen-bond acceptors (Lipinski definition) is 5. The number of carbonyl (C=O) groups is 1. The number of fused-ring (bicyclic) bond motifs is 3. The van der Waals surface area contributed by atoms with E-state index in [9.17, 15) is 9.59 Å². The van der Waals surface area contributed by atoms with E-state index in [-0.39, 0.29) is 11.5 Å². The molecule has 1 spiro atoms. The number of rotatable bonds is 1. The van der Waals surface area contributed by atoms with Crippen molar-refractivity contribution in [1.29, 1.82) is 0 Å². The van der Waals surface area contributed by atoms with E-state index in [0.29, 0.717) is 0 Å². The molecule has 1 aliphatic carbocycles. The Morgan fingerprint density at radius 2 is 1.96 bits per heavy atom. The molecule has 4 heterocycles. The van der Waals surface area contributed by atoms with Gasteiger partial charge in [0.15, 0.2) is 5.60 Å². The molecule has 0 unspecified atom stereocenters. The molecule has 0 atom stereocenters. The monoisotopic (exact) mass is 356 g/mol. The molecule has 2 aromatic rings. The second-order valence-electron chi connectivity index (χ2n) is 7.23. The first-order valence-electron chi connectivity index (χ1n) is 8.98. The average Bonchev–Trinajstić information content (AvgIpc) is 3.21. The lowest BCUT2D eigenvalue weighted by Crippen LogP contribution is -2.43. The van der Waals surface area contributed by atoms with Crippen molar-refractivity contribution < 1.29 is 9.53 Å². The first kappa shape index (κ1) is 15.2. The van der Waals surface area contributed by atoms with Crippen LogP contribution >= 0.6 is 11.3 Å². The van der Waals surface area contributed by atoms with E-state index in [4.69, 9.17) is 4.74 Å². The number of aromatic amines is 1. The molecule has 1 fully saturated rings. The Kier molecular flexibility index (Phi) is 3.32. The molecule has 0 amide bonds. The predicted octanol–water partition coefficient (Wildman–Crippen LogP) is 2.98. The van der Waals surface area contributed by atoms with Crippen LogP contribution in [-0.4, -0.2) is 24.0 Å². The van der Waals surface area contributed by atoms with E-state index in [1.54, 1.807) is 11.3 Å². The second-order valence-corrected chi connectivity index (χ2v) is 8.14. The first-order valence-corrected chi connectivity index (χ1v) is 9.86. The zero-order valence-electron chi connectivity index (χ0n) is 14.0. The summed E-state index contributed by atoms with van der Waals surface area (Å²) in [5, 5.41) is 1.97. The molecule has 5 rings (SSSR count). The van der Waals surface area contributed by atoms with Crippen molar-refractivity contribution in [2.45, 2.75) is 44.1 Å². The Morgan fingerprint density at radius 3 is 2.80 bits per heavy atom. The van der Waals surface area contributed by atoms with Gasteiger partial charge in [-0.1, -0.05) is 0 Å². The number of hydrogen-bond donors (Lipinski definition) is 1. The van der Waals surface area contributed by atoms with Crippen molar-refractivity contribution in [3.8, 4) is 0 Å². The Hall–Kier alpha value is -2.08. The molecule has 3 aliphatic rings. The zero-order chi connectivity index (χ0) is 17.0. The molecule has 5 nitrogen and oxygen atoms in total. The van der Waals surface area contributed by atoms with Crippen LogP contribution in [-0.2, 0) is 23.2 Å². The van der Waals surface area contributed by atoms with Crippen molar-refractivity contribution in [3.05, 3.63) is 49.4 Å². The van der Waals surface area contributed by atoms with E-state index >= 15 is 0 Å². The van der Waals surface area contributed by atoms with Crippen LogP contribution in [0.4, 0.5) is 5.82 Å². The maximum atomic E-state index is 12.4. The van der Waals surface area contributed by atoms with Crippen molar-refractivity contribution >= 4 is 23.1 Å². The number of aryl methyl sites for hydroxylation is 1. The van der Waals surface area contributed by atoms with Gasteiger partial charge < -0.3 is 14.6 Å². The molecule has 6 heteroatoms. The Bertz CT molecular complexity index is 906. The molecular formula is C19H20N2O3S. The lowest BCUT2D eigenvalue weighted by Gasteiger charge is -2.39. The van der Waals surface area contributed by atoms with Gasteiger partial charge in [-0.2, -0.15) is 0 Å². The summed E-state index contributed by atoms with van der Waals surface area (Å²) in [6.45, 7) is 1.55. The Balaban J connectivity index is 1.41. The Morgan fingerprint density at radius 1 is 1.16 bits per heavy atom. The lowest BCUT2D eigenvalue weighted by molar-refractivity contribution is -0.0196. The zero-order valence-corrected chi connectivity index (χ0v) is 14.8. The fourth-order valence-corrected chi connectivity index (χ4v) is 5.53. The van der Waals surface area contributed by atoms with Gasteiger partial charge >= 0.3 is 5.97 Å². The number of piperidine rings is 1. The summed E-state index contributed by atoms with van der Waals surface area (Å²) in [5.74, 6) is 0.725. The van der Waals surface area contributed by atoms with Gasteiger partial charge in [0.1, 0.15) is 5.82 Å². The van der Waals surface area contributed by atoms with Crippen molar-refractivity contribution in [2.24, 2.45) is 0 Å². The third-order valence-electron chi connectivity index (χ3n) is 5.84. The lowest BCUT2D eigenvalue weighted by atomic mass is 9.89. The minimum atomic E-state index is -0.453. The van der Waals surface area contributed by atoms with Crippen molar-refractivity contribution in [1.82, 2.24) is 4.98 Å². The number of H-pyrrole nitrogens is 1. The fraction of sp³-hybridized carbons (Fsp3) is 0.474. The number of nitrogens with zero attached hydrogens (tertiary/aromatic N) is 1. The van der Waals surface area contributed by atoms with Gasteiger partial charge in [-0.3, -0.25) is 4.79 Å². The van der Waals surface area contributed by atoms with Gasteiger partial charge in [0.25, 0.3) is 5.56 Å². The molecular weight excluding hydrogens is 336 g/mol. The topological polar surface area (TPSA) is 62.4 Å². The summed E-state index contributed by atoms with van der Waals surface area (Å²) in [7, 11) is 0. The van der Waals surface area contributed by atoms with Crippen LogP contribution in [0.25, 0.3) is 0 Å². The highest BCUT2D eigenvalue weighted by Crippen LogP contribution is 2.47. The summed E-state index contributed by atoms with van der Waals surface area (Å²) in [6, 6.07) is 4.02. The summed E-state index contributed by atoms with van der Waals surface area (Å²) in [5.41, 5.74) is 2.53. The number of ether oxygens (including phenoxy) is 1. The van der Waals surface area contributed by atoms with Gasteiger partial charge in [0, 0.05) is 31.5 Å². The van der Waals surface area contributed by atoms with Crippen molar-refractivity contribution in [2.75, 3.05) is 18.0 Å². The van der Waals surface area contributed by atoms with Crippen LogP contribution in [0.5, 0.6) is 0 Å². The SMILES string of the molecule is O=C1OC2(CCN(c3cc4c(c(=O)[nH]3)CCCC4)CC2)c2sccc21. The minimum absolute atomic E-state index is 0.0697. The van der Waals surface area contributed by atoms with E-state index in [1.807, 2.05) is 11.4 Å². The normalized spacial score (nSPS) is 21.1. The number of aromatic nitrogens is 1. The number of pyridine rings is 1. The number of thiophene rings is 1. The predicted molar refractivity (Wildman–Crippen MR) is 96.6 cm³/mol. The molecule has 0 radical (unpaired) electrons.